The first-order valence-corrected chi connectivity index (χ1v) is 7.26. The predicted octanol–water partition coefficient (Wildman–Crippen LogP) is 2.86. The average molecular weight is 296 g/mol. The maximum Gasteiger partial charge on any atom is 0.231 e. The highest BCUT2D eigenvalue weighted by Crippen LogP contribution is 2.38. The second-order valence-corrected chi connectivity index (χ2v) is 6.34. The lowest BCUT2D eigenvalue weighted by Crippen LogP contribution is -2.44. The Morgan fingerprint density at radius 1 is 1.50 bits per heavy atom. The summed E-state index contributed by atoms with van der Waals surface area (Å²) in [6.45, 7) is 1.94. The highest BCUT2D eigenvalue weighted by atomic mass is 35.5. The zero-order valence-corrected chi connectivity index (χ0v) is 13.0. The molecule has 110 valence electrons. The molecule has 5 heteroatoms. The fourth-order valence-corrected chi connectivity index (χ4v) is 3.05. The Morgan fingerprint density at radius 3 is 2.70 bits per heavy atom. The number of carbonyl (C=O) groups is 1. The number of hydrogen-bond acceptors (Lipinski definition) is 3. The largest absolute Gasteiger partial charge is 0.376 e. The van der Waals surface area contributed by atoms with Crippen molar-refractivity contribution in [3.63, 3.8) is 0 Å². The van der Waals surface area contributed by atoms with Crippen LogP contribution < -0.4 is 16.0 Å². The monoisotopic (exact) mass is 295 g/mol. The summed E-state index contributed by atoms with van der Waals surface area (Å²) in [6, 6.07) is 5.47. The van der Waals surface area contributed by atoms with Crippen molar-refractivity contribution in [3.8, 4) is 0 Å². The quantitative estimate of drug-likeness (QED) is 0.901. The molecule has 0 aromatic heterocycles. The van der Waals surface area contributed by atoms with Crippen LogP contribution >= 0.6 is 11.6 Å². The van der Waals surface area contributed by atoms with Crippen LogP contribution in [0.15, 0.2) is 18.2 Å². The second-order valence-electron chi connectivity index (χ2n) is 5.93. The van der Waals surface area contributed by atoms with Crippen LogP contribution in [0.4, 0.5) is 11.4 Å². The smallest absolute Gasteiger partial charge is 0.231 e. The van der Waals surface area contributed by atoms with Gasteiger partial charge in [0.05, 0.1) is 16.1 Å². The van der Waals surface area contributed by atoms with E-state index in [9.17, 15) is 4.79 Å². The number of hydrogen-bond donors (Lipinski definition) is 2. The van der Waals surface area contributed by atoms with Crippen LogP contribution in [0.3, 0.4) is 0 Å². The van der Waals surface area contributed by atoms with Gasteiger partial charge in [-0.15, -0.1) is 0 Å². The Morgan fingerprint density at radius 2 is 2.20 bits per heavy atom. The predicted molar refractivity (Wildman–Crippen MR) is 84.3 cm³/mol. The molecule has 0 radical (unpaired) electrons. The zero-order chi connectivity index (χ0) is 14.9. The molecule has 1 saturated carbocycles. The van der Waals surface area contributed by atoms with Crippen molar-refractivity contribution >= 4 is 28.9 Å². The number of nitrogens with zero attached hydrogens (tertiary/aromatic N) is 1. The molecule has 3 N–H and O–H groups in total. The summed E-state index contributed by atoms with van der Waals surface area (Å²) < 4.78 is 0. The topological polar surface area (TPSA) is 58.4 Å². The van der Waals surface area contributed by atoms with Gasteiger partial charge in [0.1, 0.15) is 0 Å². The zero-order valence-electron chi connectivity index (χ0n) is 12.2. The van der Waals surface area contributed by atoms with Crippen LogP contribution in [0, 0.1) is 5.41 Å². The lowest BCUT2D eigenvalue weighted by molar-refractivity contribution is -0.125. The normalized spacial score (nSPS) is 25.6. The molecule has 4 nitrogen and oxygen atoms in total. The van der Waals surface area contributed by atoms with Crippen LogP contribution in [-0.2, 0) is 4.79 Å². The highest BCUT2D eigenvalue weighted by Gasteiger charge is 2.42. The van der Waals surface area contributed by atoms with Gasteiger partial charge < -0.3 is 16.0 Å². The summed E-state index contributed by atoms with van der Waals surface area (Å²) in [5, 5.41) is 3.56. The van der Waals surface area contributed by atoms with Gasteiger partial charge in [0.15, 0.2) is 0 Å². The number of amides is 1. The third-order valence-electron chi connectivity index (χ3n) is 4.24. The molecule has 1 aliphatic carbocycles. The van der Waals surface area contributed by atoms with Crippen LogP contribution in [0.2, 0.25) is 5.02 Å². The van der Waals surface area contributed by atoms with E-state index in [0.29, 0.717) is 10.7 Å². The molecule has 0 saturated heterocycles. The number of halogens is 1. The lowest BCUT2D eigenvalue weighted by atomic mass is 9.84. The first-order valence-electron chi connectivity index (χ1n) is 6.88. The molecule has 2 rings (SSSR count). The first kappa shape index (κ1) is 15.1. The Balaban J connectivity index is 2.14. The van der Waals surface area contributed by atoms with Gasteiger partial charge in [-0.05, 0) is 38.0 Å². The number of benzene rings is 1. The molecule has 0 bridgehead atoms. The third kappa shape index (κ3) is 2.76. The average Bonchev–Trinajstić information content (AvgIpc) is 2.70. The minimum Gasteiger partial charge on any atom is -0.376 e. The van der Waals surface area contributed by atoms with Gasteiger partial charge in [0.2, 0.25) is 5.91 Å². The van der Waals surface area contributed by atoms with Gasteiger partial charge in [0.25, 0.3) is 0 Å². The van der Waals surface area contributed by atoms with Gasteiger partial charge >= 0.3 is 0 Å². The van der Waals surface area contributed by atoms with Crippen LogP contribution in [0.25, 0.3) is 0 Å². The van der Waals surface area contributed by atoms with E-state index < -0.39 is 5.41 Å². The van der Waals surface area contributed by atoms with E-state index in [1.165, 1.54) is 0 Å². The number of nitrogens with two attached hydrogens (primary N) is 1. The van der Waals surface area contributed by atoms with E-state index in [2.05, 4.69) is 5.32 Å². The fraction of sp³-hybridized carbons (Fsp3) is 0.533. The summed E-state index contributed by atoms with van der Waals surface area (Å²) in [6.07, 6.45) is 2.75. The molecule has 1 aromatic carbocycles. The Hall–Kier alpha value is -1.26. The summed E-state index contributed by atoms with van der Waals surface area (Å²) in [4.78, 5) is 14.4. The third-order valence-corrected chi connectivity index (χ3v) is 4.54. The van der Waals surface area contributed by atoms with Crippen molar-refractivity contribution in [2.45, 2.75) is 32.2 Å². The summed E-state index contributed by atoms with van der Waals surface area (Å²) in [5.41, 5.74) is 7.23. The fourth-order valence-electron chi connectivity index (χ4n) is 2.70. The molecular weight excluding hydrogens is 274 g/mol. The Labute approximate surface area is 125 Å². The van der Waals surface area contributed by atoms with Crippen molar-refractivity contribution < 1.29 is 4.79 Å². The standard InChI is InChI=1S/C15H22ClN3O/c1-15(8-4-5-13(15)17)14(20)18-10-6-7-12(19(2)3)11(16)9-10/h6-7,9,13H,4-5,8,17H2,1-3H3,(H,18,20). The van der Waals surface area contributed by atoms with Crippen LogP contribution in [0.1, 0.15) is 26.2 Å². The molecule has 1 fully saturated rings. The van der Waals surface area contributed by atoms with Gasteiger partial charge in [-0.1, -0.05) is 18.0 Å². The Bertz CT molecular complexity index is 518. The number of rotatable bonds is 3. The van der Waals surface area contributed by atoms with Crippen molar-refractivity contribution in [2.75, 3.05) is 24.3 Å². The maximum atomic E-state index is 12.4. The van der Waals surface area contributed by atoms with Crippen molar-refractivity contribution in [1.82, 2.24) is 0 Å². The first-order chi connectivity index (χ1) is 9.34. The minimum atomic E-state index is -0.479. The van der Waals surface area contributed by atoms with Gasteiger partial charge in [-0.25, -0.2) is 0 Å². The van der Waals surface area contributed by atoms with E-state index in [0.717, 1.165) is 24.9 Å². The van der Waals surface area contributed by atoms with E-state index in [1.807, 2.05) is 38.1 Å². The lowest BCUT2D eigenvalue weighted by Gasteiger charge is -2.27. The summed E-state index contributed by atoms with van der Waals surface area (Å²) in [7, 11) is 3.86. The molecule has 0 spiro atoms. The molecular formula is C15H22ClN3O. The van der Waals surface area contributed by atoms with Crippen molar-refractivity contribution in [1.29, 1.82) is 0 Å². The van der Waals surface area contributed by atoms with Gasteiger partial charge in [-0.2, -0.15) is 0 Å². The van der Waals surface area contributed by atoms with E-state index in [-0.39, 0.29) is 11.9 Å². The van der Waals surface area contributed by atoms with Crippen molar-refractivity contribution in [3.05, 3.63) is 23.2 Å². The SMILES string of the molecule is CN(C)c1ccc(NC(=O)C2(C)CCCC2N)cc1Cl. The molecule has 0 heterocycles. The second kappa shape index (κ2) is 5.62. The molecule has 1 aromatic rings. The number of anilines is 2. The number of carbonyl (C=O) groups excluding carboxylic acids is 1. The van der Waals surface area contributed by atoms with E-state index in [4.69, 9.17) is 17.3 Å². The van der Waals surface area contributed by atoms with Gasteiger partial charge in [0, 0.05) is 25.8 Å². The van der Waals surface area contributed by atoms with E-state index >= 15 is 0 Å². The summed E-state index contributed by atoms with van der Waals surface area (Å²) >= 11 is 6.21. The molecule has 2 unspecified atom stereocenters. The number of nitrogens with one attached hydrogen (secondary N) is 1. The van der Waals surface area contributed by atoms with Gasteiger partial charge in [-0.3, -0.25) is 4.79 Å². The molecule has 1 aliphatic rings. The molecule has 2 atom stereocenters. The molecule has 0 aliphatic heterocycles. The highest BCUT2D eigenvalue weighted by molar-refractivity contribution is 6.33. The van der Waals surface area contributed by atoms with Crippen LogP contribution in [0.5, 0.6) is 0 Å². The maximum absolute atomic E-state index is 12.4. The minimum absolute atomic E-state index is 0.0174. The van der Waals surface area contributed by atoms with Crippen molar-refractivity contribution in [2.24, 2.45) is 11.1 Å². The Kier molecular flexibility index (Phi) is 4.25. The summed E-state index contributed by atoms with van der Waals surface area (Å²) in [5.74, 6) is -0.0174. The van der Waals surface area contributed by atoms with E-state index in [1.54, 1.807) is 6.07 Å². The molecule has 20 heavy (non-hydrogen) atoms. The molecule has 1 amide bonds. The van der Waals surface area contributed by atoms with Crippen LogP contribution in [-0.4, -0.2) is 26.0 Å².